The lowest BCUT2D eigenvalue weighted by Crippen LogP contribution is -2.23. The molecular weight excluding hydrogens is 252 g/mol. The average Bonchev–Trinajstić information content (AvgIpc) is 2.36. The highest BCUT2D eigenvalue weighted by atomic mass is 16.5. The third-order valence-corrected chi connectivity index (χ3v) is 3.49. The van der Waals surface area contributed by atoms with Crippen LogP contribution in [0.15, 0.2) is 24.3 Å². The Bertz CT molecular complexity index is 438. The van der Waals surface area contributed by atoms with E-state index < -0.39 is 5.60 Å². The van der Waals surface area contributed by atoms with Gasteiger partial charge in [-0.05, 0) is 36.8 Å². The summed E-state index contributed by atoms with van der Waals surface area (Å²) < 4.78 is 4.89. The van der Waals surface area contributed by atoms with Gasteiger partial charge in [-0.2, -0.15) is 0 Å². The zero-order valence-corrected chi connectivity index (χ0v) is 13.2. The van der Waals surface area contributed by atoms with Gasteiger partial charge in [0.1, 0.15) is 0 Å². The number of benzene rings is 1. The predicted octanol–water partition coefficient (Wildman–Crippen LogP) is 3.53. The van der Waals surface area contributed by atoms with Crippen LogP contribution in [-0.4, -0.2) is 17.7 Å². The highest BCUT2D eigenvalue weighted by molar-refractivity contribution is 5.69. The fourth-order valence-corrected chi connectivity index (χ4v) is 2.05. The van der Waals surface area contributed by atoms with E-state index in [2.05, 4.69) is 20.8 Å². The number of ether oxygens (including phenoxy) is 1. The van der Waals surface area contributed by atoms with Crippen LogP contribution in [-0.2, 0) is 20.5 Å². The first-order chi connectivity index (χ1) is 9.16. The van der Waals surface area contributed by atoms with Crippen LogP contribution < -0.4 is 0 Å². The first-order valence-electron chi connectivity index (χ1n) is 7.16. The van der Waals surface area contributed by atoms with Crippen molar-refractivity contribution in [1.82, 2.24) is 0 Å². The molecule has 3 heteroatoms. The van der Waals surface area contributed by atoms with E-state index in [4.69, 9.17) is 4.74 Å². The number of carbonyl (C=O) groups excluding carboxylic acids is 1. The standard InChI is InChI=1S/C17H26O3/c1-6-20-15(18)11-12-17(5,19)14-9-7-13(8-10-14)16(2,3)4/h7-10,19H,6,11-12H2,1-5H3. The van der Waals surface area contributed by atoms with Crippen molar-refractivity contribution in [3.8, 4) is 0 Å². The molecule has 1 rings (SSSR count). The highest BCUT2D eigenvalue weighted by Gasteiger charge is 2.25. The van der Waals surface area contributed by atoms with Crippen LogP contribution >= 0.6 is 0 Å². The first kappa shape index (κ1) is 16.7. The quantitative estimate of drug-likeness (QED) is 0.838. The van der Waals surface area contributed by atoms with Gasteiger partial charge in [0, 0.05) is 6.42 Å². The molecule has 0 heterocycles. The van der Waals surface area contributed by atoms with E-state index in [9.17, 15) is 9.90 Å². The molecule has 1 N–H and O–H groups in total. The summed E-state index contributed by atoms with van der Waals surface area (Å²) in [6.45, 7) is 10.4. The summed E-state index contributed by atoms with van der Waals surface area (Å²) in [4.78, 5) is 11.4. The molecule has 0 aromatic heterocycles. The van der Waals surface area contributed by atoms with Crippen molar-refractivity contribution in [2.45, 2.75) is 58.5 Å². The number of rotatable bonds is 5. The molecule has 1 unspecified atom stereocenters. The van der Waals surface area contributed by atoms with Gasteiger partial charge in [0.15, 0.2) is 0 Å². The van der Waals surface area contributed by atoms with Gasteiger partial charge in [0.05, 0.1) is 12.2 Å². The molecule has 0 saturated carbocycles. The van der Waals surface area contributed by atoms with E-state index in [1.165, 1.54) is 5.56 Å². The van der Waals surface area contributed by atoms with Crippen molar-refractivity contribution in [2.24, 2.45) is 0 Å². The van der Waals surface area contributed by atoms with Gasteiger partial charge in [0.2, 0.25) is 0 Å². The van der Waals surface area contributed by atoms with E-state index in [0.29, 0.717) is 13.0 Å². The highest BCUT2D eigenvalue weighted by Crippen LogP contribution is 2.29. The van der Waals surface area contributed by atoms with Crippen molar-refractivity contribution >= 4 is 5.97 Å². The molecule has 3 nitrogen and oxygen atoms in total. The van der Waals surface area contributed by atoms with Gasteiger partial charge < -0.3 is 9.84 Å². The number of carbonyl (C=O) groups is 1. The number of aliphatic hydroxyl groups is 1. The molecule has 0 aliphatic carbocycles. The van der Waals surface area contributed by atoms with Gasteiger partial charge in [-0.1, -0.05) is 45.0 Å². The van der Waals surface area contributed by atoms with E-state index >= 15 is 0 Å². The Labute approximate surface area is 122 Å². The molecule has 0 fully saturated rings. The smallest absolute Gasteiger partial charge is 0.305 e. The van der Waals surface area contributed by atoms with Crippen LogP contribution in [0.4, 0.5) is 0 Å². The molecule has 0 aliphatic rings. The molecule has 0 aliphatic heterocycles. The van der Waals surface area contributed by atoms with E-state index in [0.717, 1.165) is 5.56 Å². The summed E-state index contributed by atoms with van der Waals surface area (Å²) in [6, 6.07) is 7.94. The van der Waals surface area contributed by atoms with Crippen molar-refractivity contribution in [3.63, 3.8) is 0 Å². The third-order valence-electron chi connectivity index (χ3n) is 3.49. The Balaban J connectivity index is 2.75. The van der Waals surface area contributed by atoms with E-state index in [-0.39, 0.29) is 17.8 Å². The second kappa shape index (κ2) is 6.40. The minimum absolute atomic E-state index is 0.0926. The summed E-state index contributed by atoms with van der Waals surface area (Å²) in [5.41, 5.74) is 1.13. The van der Waals surface area contributed by atoms with Crippen LogP contribution in [0, 0.1) is 0 Å². The Hall–Kier alpha value is -1.35. The molecule has 0 bridgehead atoms. The summed E-state index contributed by atoms with van der Waals surface area (Å²) in [5.74, 6) is -0.265. The molecular formula is C17H26O3. The number of hydrogen-bond donors (Lipinski definition) is 1. The van der Waals surface area contributed by atoms with Crippen LogP contribution in [0.1, 0.15) is 58.6 Å². The summed E-state index contributed by atoms with van der Waals surface area (Å²) in [7, 11) is 0. The number of hydrogen-bond acceptors (Lipinski definition) is 3. The normalized spacial score (nSPS) is 14.7. The second-order valence-electron chi connectivity index (χ2n) is 6.41. The molecule has 1 aromatic rings. The third kappa shape index (κ3) is 4.64. The largest absolute Gasteiger partial charge is 0.466 e. The van der Waals surface area contributed by atoms with Crippen LogP contribution in [0.3, 0.4) is 0 Å². The zero-order chi connectivity index (χ0) is 15.4. The zero-order valence-electron chi connectivity index (χ0n) is 13.2. The molecule has 0 radical (unpaired) electrons. The minimum Gasteiger partial charge on any atom is -0.466 e. The van der Waals surface area contributed by atoms with Crippen LogP contribution in [0.2, 0.25) is 0 Å². The monoisotopic (exact) mass is 278 g/mol. The molecule has 20 heavy (non-hydrogen) atoms. The maximum Gasteiger partial charge on any atom is 0.305 e. The van der Waals surface area contributed by atoms with Gasteiger partial charge in [-0.15, -0.1) is 0 Å². The van der Waals surface area contributed by atoms with Crippen LogP contribution in [0.25, 0.3) is 0 Å². The average molecular weight is 278 g/mol. The second-order valence-corrected chi connectivity index (χ2v) is 6.41. The Morgan fingerprint density at radius 1 is 1.10 bits per heavy atom. The Morgan fingerprint density at radius 2 is 1.60 bits per heavy atom. The minimum atomic E-state index is -1.01. The topological polar surface area (TPSA) is 46.5 Å². The van der Waals surface area contributed by atoms with E-state index in [1.54, 1.807) is 13.8 Å². The van der Waals surface area contributed by atoms with Crippen molar-refractivity contribution in [3.05, 3.63) is 35.4 Å². The van der Waals surface area contributed by atoms with Crippen molar-refractivity contribution < 1.29 is 14.6 Å². The summed E-state index contributed by atoms with van der Waals surface area (Å²) >= 11 is 0. The number of esters is 1. The molecule has 1 atom stereocenters. The Kier molecular flexibility index (Phi) is 5.35. The van der Waals surface area contributed by atoms with Crippen LogP contribution in [0.5, 0.6) is 0 Å². The van der Waals surface area contributed by atoms with Gasteiger partial charge in [0.25, 0.3) is 0 Å². The molecule has 112 valence electrons. The maximum atomic E-state index is 11.4. The fraction of sp³-hybridized carbons (Fsp3) is 0.588. The van der Waals surface area contributed by atoms with Gasteiger partial charge >= 0.3 is 5.97 Å². The lowest BCUT2D eigenvalue weighted by molar-refractivity contribution is -0.144. The fourth-order valence-electron chi connectivity index (χ4n) is 2.05. The molecule has 0 spiro atoms. The molecule has 0 saturated heterocycles. The SMILES string of the molecule is CCOC(=O)CCC(C)(O)c1ccc(C(C)(C)C)cc1. The van der Waals surface area contributed by atoms with Crippen molar-refractivity contribution in [1.29, 1.82) is 0 Å². The van der Waals surface area contributed by atoms with Gasteiger partial charge in [-0.25, -0.2) is 0 Å². The van der Waals surface area contributed by atoms with Crippen molar-refractivity contribution in [2.75, 3.05) is 6.61 Å². The van der Waals surface area contributed by atoms with Gasteiger partial charge in [-0.3, -0.25) is 4.79 Å². The summed E-state index contributed by atoms with van der Waals surface area (Å²) in [5, 5.41) is 10.5. The predicted molar refractivity (Wildman–Crippen MR) is 80.6 cm³/mol. The Morgan fingerprint density at radius 3 is 2.05 bits per heavy atom. The first-order valence-corrected chi connectivity index (χ1v) is 7.16. The molecule has 0 amide bonds. The molecule has 1 aromatic carbocycles. The lowest BCUT2D eigenvalue weighted by Gasteiger charge is -2.25. The maximum absolute atomic E-state index is 11.4. The van der Waals surface area contributed by atoms with E-state index in [1.807, 2.05) is 24.3 Å². The lowest BCUT2D eigenvalue weighted by atomic mass is 9.84. The summed E-state index contributed by atoms with van der Waals surface area (Å²) in [6.07, 6.45) is 0.586.